The first kappa shape index (κ1) is 22.6. The normalized spacial score (nSPS) is 20.4. The number of thioether (sulfide) groups is 1. The van der Waals surface area contributed by atoms with Gasteiger partial charge in [0.2, 0.25) is 4.87 Å². The molecule has 0 aliphatic carbocycles. The van der Waals surface area contributed by atoms with E-state index < -0.39 is 22.6 Å². The lowest BCUT2D eigenvalue weighted by Gasteiger charge is -2.38. The van der Waals surface area contributed by atoms with E-state index in [-0.39, 0.29) is 22.5 Å². The van der Waals surface area contributed by atoms with Gasteiger partial charge in [-0.2, -0.15) is 0 Å². The SMILES string of the molecule is COC(=O)C1=CC(C(=O)c2cc(Br)cc(Br)c2O)=CN2C(C)=C(C)S[C@@]12C(=O)OC. The van der Waals surface area contributed by atoms with E-state index in [4.69, 9.17) is 9.47 Å². The van der Waals surface area contributed by atoms with Crippen LogP contribution in [0.15, 0.2) is 55.1 Å². The second-order valence-electron chi connectivity index (χ2n) is 6.50. The Morgan fingerprint density at radius 2 is 1.80 bits per heavy atom. The Morgan fingerprint density at radius 3 is 2.40 bits per heavy atom. The maximum Gasteiger partial charge on any atom is 0.348 e. The zero-order valence-corrected chi connectivity index (χ0v) is 20.4. The van der Waals surface area contributed by atoms with Crippen molar-refractivity contribution in [2.45, 2.75) is 18.7 Å². The number of aromatic hydroxyl groups is 1. The number of ether oxygens (including phenoxy) is 2. The van der Waals surface area contributed by atoms with Gasteiger partial charge in [0.1, 0.15) is 5.75 Å². The van der Waals surface area contributed by atoms with Crippen LogP contribution in [0.25, 0.3) is 0 Å². The highest BCUT2D eigenvalue weighted by atomic mass is 79.9. The summed E-state index contributed by atoms with van der Waals surface area (Å²) >= 11 is 7.66. The summed E-state index contributed by atoms with van der Waals surface area (Å²) in [5.41, 5.74) is 0.769. The van der Waals surface area contributed by atoms with E-state index in [9.17, 15) is 19.5 Å². The summed E-state index contributed by atoms with van der Waals surface area (Å²) in [6.07, 6.45) is 2.80. The van der Waals surface area contributed by atoms with Crippen molar-refractivity contribution in [2.75, 3.05) is 14.2 Å². The molecule has 10 heteroatoms. The third-order valence-corrected chi connectivity index (χ3v) is 7.39. The molecule has 1 atom stereocenters. The Bertz CT molecular complexity index is 1080. The molecule has 0 amide bonds. The fourth-order valence-electron chi connectivity index (χ4n) is 3.27. The van der Waals surface area contributed by atoms with E-state index >= 15 is 0 Å². The molecule has 30 heavy (non-hydrogen) atoms. The first-order valence-corrected chi connectivity index (χ1v) is 11.0. The van der Waals surface area contributed by atoms with Crippen molar-refractivity contribution < 1.29 is 29.0 Å². The monoisotopic (exact) mass is 557 g/mol. The summed E-state index contributed by atoms with van der Waals surface area (Å²) in [6, 6.07) is 3.08. The van der Waals surface area contributed by atoms with Crippen LogP contribution in [0, 0.1) is 0 Å². The molecule has 0 unspecified atom stereocenters. The van der Waals surface area contributed by atoms with E-state index in [1.54, 1.807) is 17.9 Å². The van der Waals surface area contributed by atoms with Crippen LogP contribution in [0.3, 0.4) is 0 Å². The lowest BCUT2D eigenvalue weighted by Crippen LogP contribution is -2.52. The van der Waals surface area contributed by atoms with Gasteiger partial charge in [-0.15, -0.1) is 0 Å². The number of esters is 2. The van der Waals surface area contributed by atoms with E-state index in [1.807, 2.05) is 6.92 Å². The van der Waals surface area contributed by atoms with Gasteiger partial charge >= 0.3 is 11.9 Å². The fourth-order valence-corrected chi connectivity index (χ4v) is 5.89. The number of Topliss-reactive ketones (excluding diaryl/α,β-unsaturated/α-hetero) is 1. The molecule has 0 aromatic heterocycles. The largest absolute Gasteiger partial charge is 0.506 e. The highest BCUT2D eigenvalue weighted by Gasteiger charge is 2.58. The summed E-state index contributed by atoms with van der Waals surface area (Å²) < 4.78 is 10.8. The number of carbonyl (C=O) groups excluding carboxylic acids is 3. The van der Waals surface area contributed by atoms with Crippen LogP contribution in [-0.4, -0.2) is 46.8 Å². The van der Waals surface area contributed by atoms with Gasteiger partial charge in [0.05, 0.1) is 29.8 Å². The van der Waals surface area contributed by atoms with Gasteiger partial charge in [0, 0.05) is 26.8 Å². The van der Waals surface area contributed by atoms with Crippen LogP contribution in [0.5, 0.6) is 5.75 Å². The summed E-state index contributed by atoms with van der Waals surface area (Å²) in [4.78, 5) is 39.6. The molecule has 1 N–H and O–H groups in total. The predicted octanol–water partition coefficient (Wildman–Crippen LogP) is 4.27. The van der Waals surface area contributed by atoms with E-state index in [1.165, 1.54) is 32.6 Å². The minimum Gasteiger partial charge on any atom is -0.506 e. The van der Waals surface area contributed by atoms with Crippen molar-refractivity contribution in [3.8, 4) is 5.75 Å². The molecule has 0 spiro atoms. The molecule has 0 saturated heterocycles. The molecular formula is C20H17Br2NO6S. The van der Waals surface area contributed by atoms with Crippen molar-refractivity contribution in [3.05, 3.63) is 60.7 Å². The van der Waals surface area contributed by atoms with Gasteiger partial charge in [-0.25, -0.2) is 9.59 Å². The van der Waals surface area contributed by atoms with Crippen LogP contribution < -0.4 is 0 Å². The Balaban J connectivity index is 2.23. The number of hydrogen-bond acceptors (Lipinski definition) is 8. The molecule has 7 nitrogen and oxygen atoms in total. The summed E-state index contributed by atoms with van der Waals surface area (Å²) in [7, 11) is 2.43. The van der Waals surface area contributed by atoms with E-state index in [2.05, 4.69) is 31.9 Å². The standard InChI is InChI=1S/C20H17Br2NO6S/c1-9-10(2)30-20(19(27)29-4)14(18(26)28-3)5-11(8-23(9)20)16(24)13-6-12(21)7-15(22)17(13)25/h5-8,25H,1-4H3/t20-/m1/s1. The fraction of sp³-hybridized carbons (Fsp3) is 0.250. The average molecular weight is 559 g/mol. The van der Waals surface area contributed by atoms with Gasteiger partial charge in [0.25, 0.3) is 0 Å². The lowest BCUT2D eigenvalue weighted by atomic mass is 9.93. The smallest absolute Gasteiger partial charge is 0.348 e. The lowest BCUT2D eigenvalue weighted by molar-refractivity contribution is -0.149. The second-order valence-corrected chi connectivity index (χ2v) is 9.67. The molecule has 0 bridgehead atoms. The van der Waals surface area contributed by atoms with E-state index in [0.717, 1.165) is 16.7 Å². The first-order chi connectivity index (χ1) is 14.1. The maximum atomic E-state index is 13.3. The summed E-state index contributed by atoms with van der Waals surface area (Å²) in [5.74, 6) is -2.20. The van der Waals surface area contributed by atoms with Crippen LogP contribution in [-0.2, 0) is 19.1 Å². The topological polar surface area (TPSA) is 93.1 Å². The van der Waals surface area contributed by atoms with Crippen LogP contribution in [0.1, 0.15) is 24.2 Å². The zero-order chi connectivity index (χ0) is 22.4. The van der Waals surface area contributed by atoms with Crippen molar-refractivity contribution in [1.29, 1.82) is 0 Å². The Morgan fingerprint density at radius 1 is 1.13 bits per heavy atom. The molecule has 1 aromatic rings. The van der Waals surface area contributed by atoms with Crippen molar-refractivity contribution in [3.63, 3.8) is 0 Å². The molecule has 1 aromatic carbocycles. The molecular weight excluding hydrogens is 542 g/mol. The van der Waals surface area contributed by atoms with Crippen molar-refractivity contribution in [1.82, 2.24) is 4.90 Å². The van der Waals surface area contributed by atoms with Gasteiger partial charge in [-0.1, -0.05) is 27.7 Å². The van der Waals surface area contributed by atoms with Crippen molar-refractivity contribution in [2.24, 2.45) is 0 Å². The number of hydrogen-bond donors (Lipinski definition) is 1. The minimum absolute atomic E-state index is 0.0266. The molecule has 2 heterocycles. The summed E-state index contributed by atoms with van der Waals surface area (Å²) in [5, 5.41) is 10.4. The quantitative estimate of drug-likeness (QED) is 0.432. The maximum absolute atomic E-state index is 13.3. The van der Waals surface area contributed by atoms with Crippen LogP contribution >= 0.6 is 43.6 Å². The average Bonchev–Trinajstić information content (AvgIpc) is 2.99. The predicted molar refractivity (Wildman–Crippen MR) is 119 cm³/mol. The number of phenolic OH excluding ortho intramolecular Hbond substituents is 1. The third kappa shape index (κ3) is 3.40. The Kier molecular flexibility index (Phi) is 6.22. The highest BCUT2D eigenvalue weighted by Crippen LogP contribution is 2.53. The summed E-state index contributed by atoms with van der Waals surface area (Å²) in [6.45, 7) is 3.59. The molecule has 2 aliphatic rings. The Hall–Kier alpha value is -2.04. The number of benzene rings is 1. The van der Waals surface area contributed by atoms with Gasteiger partial charge < -0.3 is 19.5 Å². The van der Waals surface area contributed by atoms with Crippen LogP contribution in [0.2, 0.25) is 0 Å². The molecule has 0 saturated carbocycles. The number of allylic oxidation sites excluding steroid dienone is 4. The number of phenols is 1. The Labute approximate surface area is 194 Å². The molecule has 0 fully saturated rings. The highest BCUT2D eigenvalue weighted by molar-refractivity contribution is 9.11. The van der Waals surface area contributed by atoms with Gasteiger partial charge in [0.15, 0.2) is 5.78 Å². The van der Waals surface area contributed by atoms with Crippen molar-refractivity contribution >= 4 is 61.3 Å². The molecule has 3 rings (SSSR count). The van der Waals surface area contributed by atoms with Crippen LogP contribution in [0.4, 0.5) is 0 Å². The third-order valence-electron chi connectivity index (χ3n) is 4.85. The van der Waals surface area contributed by atoms with Gasteiger partial charge in [-0.3, -0.25) is 4.79 Å². The molecule has 2 aliphatic heterocycles. The van der Waals surface area contributed by atoms with E-state index in [0.29, 0.717) is 14.6 Å². The zero-order valence-electron chi connectivity index (χ0n) is 16.4. The minimum atomic E-state index is -1.53. The number of fused-ring (bicyclic) bond motifs is 1. The number of nitrogens with zero attached hydrogens (tertiary/aromatic N) is 1. The first-order valence-electron chi connectivity index (χ1n) is 8.57. The number of carbonyl (C=O) groups is 3. The number of halogens is 2. The molecule has 158 valence electrons. The number of ketones is 1. The number of rotatable bonds is 4. The molecule has 0 radical (unpaired) electrons. The second kappa shape index (κ2) is 8.24. The number of methoxy groups -OCH3 is 2. The van der Waals surface area contributed by atoms with Gasteiger partial charge in [-0.05, 0) is 48.0 Å².